The number of hydrogen-bond acceptors (Lipinski definition) is 5. The summed E-state index contributed by atoms with van der Waals surface area (Å²) < 4.78 is 12.2. The highest BCUT2D eigenvalue weighted by molar-refractivity contribution is 9.10. The van der Waals surface area contributed by atoms with Gasteiger partial charge in [0.05, 0.1) is 17.3 Å². The Morgan fingerprint density at radius 3 is 2.35 bits per heavy atom. The maximum Gasteiger partial charge on any atom is 0.335 e. The van der Waals surface area contributed by atoms with E-state index in [0.717, 1.165) is 21.6 Å². The van der Waals surface area contributed by atoms with Gasteiger partial charge in [-0.15, -0.1) is 0 Å². The first kappa shape index (κ1) is 26.2. The van der Waals surface area contributed by atoms with Crippen LogP contribution in [0, 0.1) is 27.7 Å². The zero-order valence-corrected chi connectivity index (χ0v) is 22.9. The summed E-state index contributed by atoms with van der Waals surface area (Å²) in [6.07, 6.45) is 1.43. The first-order valence-electron chi connectivity index (χ1n) is 11.6. The zero-order valence-electron chi connectivity index (χ0n) is 21.3. The summed E-state index contributed by atoms with van der Waals surface area (Å²) in [5.74, 6) is -0.542. The highest BCUT2D eigenvalue weighted by Crippen LogP contribution is 2.38. The number of halogens is 1. The van der Waals surface area contributed by atoms with Crippen molar-refractivity contribution in [1.82, 2.24) is 5.32 Å². The standard InChI is InChI=1S/C29H27BrN2O5/c1-16-6-7-18(3)24(10-16)32-28(34)22(27(33)31-29(32)35)12-21-13-23(30)26(25(14-21)36-5)37-15-20-9-8-17(2)19(4)11-20/h6-14H,15H2,1-5H3,(H,31,33,35)/b22-12+. The third-order valence-corrected chi connectivity index (χ3v) is 6.81. The van der Waals surface area contributed by atoms with Crippen LogP contribution in [0.1, 0.15) is 33.4 Å². The van der Waals surface area contributed by atoms with E-state index in [-0.39, 0.29) is 5.57 Å². The van der Waals surface area contributed by atoms with E-state index in [4.69, 9.17) is 9.47 Å². The quantitative estimate of drug-likeness (QED) is 0.297. The molecule has 0 radical (unpaired) electrons. The molecule has 8 heteroatoms. The van der Waals surface area contributed by atoms with Gasteiger partial charge in [0.25, 0.3) is 11.8 Å². The summed E-state index contributed by atoms with van der Waals surface area (Å²) in [4.78, 5) is 39.6. The third-order valence-electron chi connectivity index (χ3n) is 6.22. The average molecular weight is 563 g/mol. The Bertz CT molecular complexity index is 1460. The van der Waals surface area contributed by atoms with Gasteiger partial charge in [-0.3, -0.25) is 14.9 Å². The maximum absolute atomic E-state index is 13.3. The molecular formula is C29H27BrN2O5. The van der Waals surface area contributed by atoms with Crippen molar-refractivity contribution in [1.29, 1.82) is 0 Å². The van der Waals surface area contributed by atoms with E-state index in [9.17, 15) is 14.4 Å². The molecule has 0 atom stereocenters. The number of rotatable bonds is 6. The molecule has 1 aliphatic rings. The Kier molecular flexibility index (Phi) is 7.50. The van der Waals surface area contributed by atoms with Crippen LogP contribution in [0.5, 0.6) is 11.5 Å². The molecule has 0 unspecified atom stereocenters. The van der Waals surface area contributed by atoms with Gasteiger partial charge in [-0.25, -0.2) is 9.69 Å². The predicted octanol–water partition coefficient (Wildman–Crippen LogP) is 5.94. The fourth-order valence-corrected chi connectivity index (χ4v) is 4.59. The van der Waals surface area contributed by atoms with Crippen molar-refractivity contribution in [3.8, 4) is 11.5 Å². The maximum atomic E-state index is 13.3. The van der Waals surface area contributed by atoms with Crippen LogP contribution in [0.25, 0.3) is 6.08 Å². The highest BCUT2D eigenvalue weighted by Gasteiger charge is 2.37. The number of urea groups is 1. The first-order valence-corrected chi connectivity index (χ1v) is 12.4. The van der Waals surface area contributed by atoms with Gasteiger partial charge in [-0.2, -0.15) is 0 Å². The van der Waals surface area contributed by atoms with Gasteiger partial charge in [0.15, 0.2) is 11.5 Å². The van der Waals surface area contributed by atoms with Gasteiger partial charge in [0.2, 0.25) is 0 Å². The molecule has 0 spiro atoms. The Morgan fingerprint density at radius 2 is 1.65 bits per heavy atom. The van der Waals surface area contributed by atoms with Crippen molar-refractivity contribution in [3.63, 3.8) is 0 Å². The second kappa shape index (κ2) is 10.6. The molecule has 1 saturated heterocycles. The van der Waals surface area contributed by atoms with Crippen LogP contribution in [0.15, 0.2) is 58.6 Å². The molecule has 3 aromatic carbocycles. The molecule has 7 nitrogen and oxygen atoms in total. The number of amides is 4. The van der Waals surface area contributed by atoms with Crippen LogP contribution in [-0.2, 0) is 16.2 Å². The summed E-state index contributed by atoms with van der Waals surface area (Å²) >= 11 is 3.52. The normalized spacial score (nSPS) is 14.7. The largest absolute Gasteiger partial charge is 0.493 e. The van der Waals surface area contributed by atoms with Gasteiger partial charge in [-0.1, -0.05) is 30.3 Å². The summed E-state index contributed by atoms with van der Waals surface area (Å²) in [6.45, 7) is 8.11. The van der Waals surface area contributed by atoms with E-state index in [1.807, 2.05) is 31.2 Å². The Hall–Kier alpha value is -3.91. The SMILES string of the molecule is COc1cc(/C=C2\C(=O)NC(=O)N(c3cc(C)ccc3C)C2=O)cc(Br)c1OCc1ccc(C)c(C)c1. The number of benzene rings is 3. The molecule has 1 N–H and O–H groups in total. The van der Waals surface area contributed by atoms with E-state index in [0.29, 0.717) is 33.8 Å². The van der Waals surface area contributed by atoms with Crippen molar-refractivity contribution in [2.45, 2.75) is 34.3 Å². The summed E-state index contributed by atoms with van der Waals surface area (Å²) in [6, 6.07) is 14.2. The van der Waals surface area contributed by atoms with Crippen LogP contribution < -0.4 is 19.7 Å². The topological polar surface area (TPSA) is 84.9 Å². The minimum absolute atomic E-state index is 0.168. The molecule has 1 heterocycles. The second-order valence-corrected chi connectivity index (χ2v) is 9.84. The van der Waals surface area contributed by atoms with Crippen LogP contribution in [0.4, 0.5) is 10.5 Å². The van der Waals surface area contributed by atoms with E-state index in [1.54, 1.807) is 25.1 Å². The van der Waals surface area contributed by atoms with Gasteiger partial charge in [0, 0.05) is 0 Å². The Balaban J connectivity index is 1.65. The van der Waals surface area contributed by atoms with Gasteiger partial charge in [-0.05, 0) is 101 Å². The molecule has 1 fully saturated rings. The van der Waals surface area contributed by atoms with Crippen LogP contribution in [-0.4, -0.2) is 25.0 Å². The molecule has 37 heavy (non-hydrogen) atoms. The smallest absolute Gasteiger partial charge is 0.335 e. The molecule has 3 aromatic rings. The van der Waals surface area contributed by atoms with Gasteiger partial charge < -0.3 is 9.47 Å². The summed E-state index contributed by atoms with van der Waals surface area (Å²) in [7, 11) is 1.51. The molecule has 0 aliphatic carbocycles. The lowest BCUT2D eigenvalue weighted by molar-refractivity contribution is -0.122. The van der Waals surface area contributed by atoms with Crippen molar-refractivity contribution in [3.05, 3.63) is 92.0 Å². The van der Waals surface area contributed by atoms with Crippen molar-refractivity contribution < 1.29 is 23.9 Å². The predicted molar refractivity (Wildman–Crippen MR) is 146 cm³/mol. The fourth-order valence-electron chi connectivity index (χ4n) is 4.02. The lowest BCUT2D eigenvalue weighted by atomic mass is 10.0. The molecule has 0 saturated carbocycles. The molecule has 4 amide bonds. The number of methoxy groups -OCH3 is 1. The van der Waals surface area contributed by atoms with E-state index in [1.165, 1.54) is 24.3 Å². The molecule has 4 rings (SSSR count). The average Bonchev–Trinajstić information content (AvgIpc) is 2.84. The van der Waals surface area contributed by atoms with Crippen LogP contribution >= 0.6 is 15.9 Å². The lowest BCUT2D eigenvalue weighted by Gasteiger charge is -2.28. The number of carbonyl (C=O) groups is 3. The van der Waals surface area contributed by atoms with E-state index in [2.05, 4.69) is 41.2 Å². The number of hydrogen-bond donors (Lipinski definition) is 1. The van der Waals surface area contributed by atoms with E-state index < -0.39 is 17.8 Å². The number of barbiturate groups is 1. The van der Waals surface area contributed by atoms with Gasteiger partial charge in [0.1, 0.15) is 12.2 Å². The lowest BCUT2D eigenvalue weighted by Crippen LogP contribution is -2.54. The Labute approximate surface area is 224 Å². The number of ether oxygens (including phenoxy) is 2. The molecule has 1 aliphatic heterocycles. The third kappa shape index (κ3) is 5.44. The Morgan fingerprint density at radius 1 is 0.919 bits per heavy atom. The number of imide groups is 2. The number of nitrogens with one attached hydrogen (secondary N) is 1. The minimum Gasteiger partial charge on any atom is -0.493 e. The molecule has 0 aromatic heterocycles. The van der Waals surface area contributed by atoms with Crippen LogP contribution in [0.2, 0.25) is 0 Å². The monoisotopic (exact) mass is 562 g/mol. The van der Waals surface area contributed by atoms with Gasteiger partial charge >= 0.3 is 6.03 Å². The summed E-state index contributed by atoms with van der Waals surface area (Å²) in [5.41, 5.74) is 5.80. The number of carbonyl (C=O) groups excluding carboxylic acids is 3. The molecule has 190 valence electrons. The van der Waals surface area contributed by atoms with Crippen molar-refractivity contribution in [2.24, 2.45) is 0 Å². The second-order valence-electron chi connectivity index (χ2n) is 8.99. The highest BCUT2D eigenvalue weighted by atomic mass is 79.9. The minimum atomic E-state index is -0.783. The first-order chi connectivity index (χ1) is 17.6. The van der Waals surface area contributed by atoms with Crippen LogP contribution in [0.3, 0.4) is 0 Å². The zero-order chi connectivity index (χ0) is 26.9. The number of anilines is 1. The van der Waals surface area contributed by atoms with Crippen molar-refractivity contribution >= 4 is 45.5 Å². The molecule has 0 bridgehead atoms. The number of aryl methyl sites for hydroxylation is 4. The van der Waals surface area contributed by atoms with E-state index >= 15 is 0 Å². The molecular weight excluding hydrogens is 536 g/mol. The summed E-state index contributed by atoms with van der Waals surface area (Å²) in [5, 5.41) is 2.27. The van der Waals surface area contributed by atoms with Crippen molar-refractivity contribution in [2.75, 3.05) is 12.0 Å². The number of nitrogens with zero attached hydrogens (tertiary/aromatic N) is 1. The fraction of sp³-hybridized carbons (Fsp3) is 0.207.